The fraction of sp³-hybridized carbons (Fsp3) is 0.571. The van der Waals surface area contributed by atoms with Gasteiger partial charge in [-0.3, -0.25) is 0 Å². The zero-order chi connectivity index (χ0) is 12.4. The Bertz CT molecular complexity index is 429. The second-order valence-electron chi connectivity index (χ2n) is 5.05. The van der Waals surface area contributed by atoms with E-state index in [9.17, 15) is 0 Å². The van der Waals surface area contributed by atoms with Crippen LogP contribution in [0, 0.1) is 0 Å². The van der Waals surface area contributed by atoms with Crippen molar-refractivity contribution in [2.45, 2.75) is 37.9 Å². The van der Waals surface area contributed by atoms with E-state index < -0.39 is 0 Å². The lowest BCUT2D eigenvalue weighted by Crippen LogP contribution is -2.41. The molecule has 1 aliphatic heterocycles. The molecule has 0 spiro atoms. The summed E-state index contributed by atoms with van der Waals surface area (Å²) in [4.78, 5) is 0. The molecule has 2 N–H and O–H groups in total. The number of rotatable bonds is 5. The third-order valence-corrected chi connectivity index (χ3v) is 3.85. The first-order valence-electron chi connectivity index (χ1n) is 6.54. The Morgan fingerprint density at radius 2 is 2.06 bits per heavy atom. The van der Waals surface area contributed by atoms with E-state index in [1.165, 1.54) is 6.42 Å². The van der Waals surface area contributed by atoms with Crippen molar-refractivity contribution in [2.75, 3.05) is 13.3 Å². The van der Waals surface area contributed by atoms with Gasteiger partial charge < -0.3 is 19.9 Å². The van der Waals surface area contributed by atoms with Crippen molar-refractivity contribution >= 4 is 0 Å². The van der Waals surface area contributed by atoms with E-state index in [2.05, 4.69) is 0 Å². The fourth-order valence-corrected chi connectivity index (χ4v) is 2.57. The first-order valence-corrected chi connectivity index (χ1v) is 6.54. The Balaban J connectivity index is 1.63. The van der Waals surface area contributed by atoms with E-state index in [1.54, 1.807) is 0 Å². The van der Waals surface area contributed by atoms with Crippen LogP contribution < -0.4 is 15.2 Å². The lowest BCUT2D eigenvalue weighted by atomic mass is 9.77. The van der Waals surface area contributed by atoms with Crippen LogP contribution in [0.3, 0.4) is 0 Å². The molecule has 2 aliphatic rings. The van der Waals surface area contributed by atoms with Gasteiger partial charge in [0.05, 0.1) is 12.2 Å². The van der Waals surface area contributed by atoms with Crippen LogP contribution in [0.2, 0.25) is 0 Å². The number of hydrogen-bond donors (Lipinski definition) is 1. The van der Waals surface area contributed by atoms with Crippen LogP contribution in [0.1, 0.15) is 31.2 Å². The maximum Gasteiger partial charge on any atom is 0.231 e. The minimum absolute atomic E-state index is 0.0329. The van der Waals surface area contributed by atoms with Crippen molar-refractivity contribution in [2.24, 2.45) is 5.73 Å². The van der Waals surface area contributed by atoms with Crippen molar-refractivity contribution in [1.29, 1.82) is 0 Å². The van der Waals surface area contributed by atoms with Crippen LogP contribution in [-0.2, 0) is 11.3 Å². The average Bonchev–Trinajstić information content (AvgIpc) is 2.79. The minimum Gasteiger partial charge on any atom is -0.454 e. The molecule has 18 heavy (non-hydrogen) atoms. The summed E-state index contributed by atoms with van der Waals surface area (Å²) in [5.74, 6) is 1.64. The third kappa shape index (κ3) is 2.18. The lowest BCUT2D eigenvalue weighted by molar-refractivity contribution is -0.112. The molecule has 0 atom stereocenters. The summed E-state index contributed by atoms with van der Waals surface area (Å²) in [6.07, 6.45) is 4.47. The summed E-state index contributed by atoms with van der Waals surface area (Å²) in [5.41, 5.74) is 6.81. The minimum atomic E-state index is 0.0329. The molecule has 0 saturated heterocycles. The first-order chi connectivity index (χ1) is 8.81. The van der Waals surface area contributed by atoms with Crippen molar-refractivity contribution in [3.8, 4) is 11.5 Å². The zero-order valence-corrected chi connectivity index (χ0v) is 10.5. The van der Waals surface area contributed by atoms with E-state index >= 15 is 0 Å². The van der Waals surface area contributed by atoms with E-state index in [-0.39, 0.29) is 5.60 Å². The number of benzene rings is 1. The van der Waals surface area contributed by atoms with Gasteiger partial charge in [-0.25, -0.2) is 0 Å². The molecule has 1 heterocycles. The standard InChI is InChI=1S/C14H19NO3/c15-7-6-14(4-1-5-14)18-9-11-2-3-12-13(8-11)17-10-16-12/h2-3,8H,1,4-7,9-10,15H2. The molecule has 98 valence electrons. The molecule has 4 heteroatoms. The third-order valence-electron chi connectivity index (χ3n) is 3.85. The maximum absolute atomic E-state index is 6.08. The van der Waals surface area contributed by atoms with E-state index in [1.807, 2.05) is 18.2 Å². The van der Waals surface area contributed by atoms with Crippen molar-refractivity contribution in [3.05, 3.63) is 23.8 Å². The molecule has 1 saturated carbocycles. The van der Waals surface area contributed by atoms with E-state index in [4.69, 9.17) is 19.9 Å². The highest BCUT2D eigenvalue weighted by molar-refractivity contribution is 5.44. The van der Waals surface area contributed by atoms with E-state index in [0.29, 0.717) is 19.9 Å². The van der Waals surface area contributed by atoms with Crippen LogP contribution in [0.15, 0.2) is 18.2 Å². The molecular formula is C14H19NO3. The Morgan fingerprint density at radius 1 is 1.22 bits per heavy atom. The molecule has 4 nitrogen and oxygen atoms in total. The summed E-state index contributed by atoms with van der Waals surface area (Å²) < 4.78 is 16.7. The summed E-state index contributed by atoms with van der Waals surface area (Å²) >= 11 is 0. The van der Waals surface area contributed by atoms with Gasteiger partial charge in [-0.15, -0.1) is 0 Å². The second kappa shape index (κ2) is 4.78. The molecule has 3 rings (SSSR count). The number of ether oxygens (including phenoxy) is 3. The zero-order valence-electron chi connectivity index (χ0n) is 10.5. The molecule has 1 aliphatic carbocycles. The predicted octanol–water partition coefficient (Wildman–Crippen LogP) is 2.20. The van der Waals surface area contributed by atoms with Gasteiger partial charge >= 0.3 is 0 Å². The number of hydrogen-bond acceptors (Lipinski definition) is 4. The topological polar surface area (TPSA) is 53.7 Å². The van der Waals surface area contributed by atoms with Gasteiger partial charge in [-0.05, 0) is 49.9 Å². The van der Waals surface area contributed by atoms with Crippen molar-refractivity contribution in [1.82, 2.24) is 0 Å². The molecule has 0 aromatic heterocycles. The van der Waals surface area contributed by atoms with Gasteiger partial charge in [0.25, 0.3) is 0 Å². The number of nitrogens with two attached hydrogens (primary N) is 1. The Labute approximate surface area is 107 Å². The molecule has 0 unspecified atom stereocenters. The molecule has 0 amide bonds. The van der Waals surface area contributed by atoms with Gasteiger partial charge in [0.1, 0.15) is 0 Å². The summed E-state index contributed by atoms with van der Waals surface area (Å²) in [7, 11) is 0. The van der Waals surface area contributed by atoms with Crippen LogP contribution in [0.4, 0.5) is 0 Å². The average molecular weight is 249 g/mol. The number of fused-ring (bicyclic) bond motifs is 1. The maximum atomic E-state index is 6.08. The molecule has 1 fully saturated rings. The van der Waals surface area contributed by atoms with Gasteiger partial charge in [-0.2, -0.15) is 0 Å². The molecular weight excluding hydrogens is 230 g/mol. The highest BCUT2D eigenvalue weighted by Gasteiger charge is 2.37. The molecule has 0 bridgehead atoms. The summed E-state index contributed by atoms with van der Waals surface area (Å²) in [6.45, 7) is 1.63. The fourth-order valence-electron chi connectivity index (χ4n) is 2.57. The second-order valence-corrected chi connectivity index (χ2v) is 5.05. The monoisotopic (exact) mass is 249 g/mol. The van der Waals surface area contributed by atoms with Gasteiger partial charge in [0.15, 0.2) is 11.5 Å². The largest absolute Gasteiger partial charge is 0.454 e. The lowest BCUT2D eigenvalue weighted by Gasteiger charge is -2.41. The first kappa shape index (κ1) is 11.8. The predicted molar refractivity (Wildman–Crippen MR) is 67.6 cm³/mol. The SMILES string of the molecule is NCCC1(OCc2ccc3c(c2)OCO3)CCC1. The van der Waals surface area contributed by atoms with Crippen LogP contribution >= 0.6 is 0 Å². The van der Waals surface area contributed by atoms with Gasteiger partial charge in [0.2, 0.25) is 6.79 Å². The smallest absolute Gasteiger partial charge is 0.231 e. The summed E-state index contributed by atoms with van der Waals surface area (Å²) in [5, 5.41) is 0. The highest BCUT2D eigenvalue weighted by atomic mass is 16.7. The molecule has 1 aromatic carbocycles. The quantitative estimate of drug-likeness (QED) is 0.869. The summed E-state index contributed by atoms with van der Waals surface area (Å²) in [6, 6.07) is 5.97. The molecule has 0 radical (unpaired) electrons. The van der Waals surface area contributed by atoms with E-state index in [0.717, 1.165) is 36.3 Å². The Morgan fingerprint density at radius 3 is 2.78 bits per heavy atom. The normalized spacial score (nSPS) is 19.6. The Hall–Kier alpha value is -1.26. The molecule has 1 aromatic rings. The highest BCUT2D eigenvalue weighted by Crippen LogP contribution is 2.39. The Kier molecular flexibility index (Phi) is 3.14. The van der Waals surface area contributed by atoms with Crippen molar-refractivity contribution < 1.29 is 14.2 Å². The van der Waals surface area contributed by atoms with Crippen LogP contribution in [0.25, 0.3) is 0 Å². The van der Waals surface area contributed by atoms with Crippen LogP contribution in [0.5, 0.6) is 11.5 Å². The van der Waals surface area contributed by atoms with Crippen molar-refractivity contribution in [3.63, 3.8) is 0 Å². The van der Waals surface area contributed by atoms with Gasteiger partial charge in [-0.1, -0.05) is 6.07 Å². The van der Waals surface area contributed by atoms with Crippen LogP contribution in [-0.4, -0.2) is 18.9 Å². The van der Waals surface area contributed by atoms with Gasteiger partial charge in [0, 0.05) is 0 Å².